The molecule has 156 valence electrons. The van der Waals surface area contributed by atoms with E-state index in [0.717, 1.165) is 28.3 Å². The molecule has 31 heavy (non-hydrogen) atoms. The fourth-order valence-corrected chi connectivity index (χ4v) is 3.14. The Labute approximate surface area is 180 Å². The van der Waals surface area contributed by atoms with Crippen LogP contribution >= 0.6 is 0 Å². The summed E-state index contributed by atoms with van der Waals surface area (Å²) in [7, 11) is 0. The molecule has 0 unspecified atom stereocenters. The lowest BCUT2D eigenvalue weighted by Gasteiger charge is -2.09. The van der Waals surface area contributed by atoms with Crippen molar-refractivity contribution in [2.24, 2.45) is 0 Å². The van der Waals surface area contributed by atoms with E-state index in [1.807, 2.05) is 56.3 Å². The average molecular weight is 413 g/mol. The summed E-state index contributed by atoms with van der Waals surface area (Å²) < 4.78 is 7.52. The van der Waals surface area contributed by atoms with E-state index in [9.17, 15) is 4.79 Å². The summed E-state index contributed by atoms with van der Waals surface area (Å²) in [4.78, 5) is 20.9. The first-order valence-corrected chi connectivity index (χ1v) is 9.97. The molecule has 0 atom stereocenters. The minimum atomic E-state index is -0.177. The van der Waals surface area contributed by atoms with Crippen LogP contribution in [-0.4, -0.2) is 25.7 Å². The van der Waals surface area contributed by atoms with Crippen molar-refractivity contribution in [3.8, 4) is 11.6 Å². The summed E-state index contributed by atoms with van der Waals surface area (Å²) in [6, 6.07) is 17.0. The summed E-state index contributed by atoms with van der Waals surface area (Å²) in [5, 5.41) is 7.33. The Morgan fingerprint density at radius 2 is 1.87 bits per heavy atom. The number of pyridine rings is 2. The molecule has 0 bridgehead atoms. The third kappa shape index (κ3) is 5.14. The Kier molecular flexibility index (Phi) is 6.03. The molecule has 0 aliphatic rings. The van der Waals surface area contributed by atoms with Gasteiger partial charge in [0.2, 0.25) is 0 Å². The summed E-state index contributed by atoms with van der Waals surface area (Å²) in [5.74, 6) is 1.27. The molecule has 3 heterocycles. The fourth-order valence-electron chi connectivity index (χ4n) is 3.14. The van der Waals surface area contributed by atoms with Crippen LogP contribution in [0.25, 0.3) is 5.82 Å². The molecule has 0 fully saturated rings. The predicted octanol–water partition coefficient (Wildman–Crippen LogP) is 3.79. The molecule has 7 heteroatoms. The number of amides is 1. The Balaban J connectivity index is 1.30. The molecule has 0 spiro atoms. The van der Waals surface area contributed by atoms with Crippen molar-refractivity contribution < 1.29 is 9.53 Å². The lowest BCUT2D eigenvalue weighted by molar-refractivity contribution is 0.0950. The van der Waals surface area contributed by atoms with Crippen molar-refractivity contribution in [2.45, 2.75) is 27.0 Å². The zero-order valence-electron chi connectivity index (χ0n) is 17.4. The second kappa shape index (κ2) is 9.21. The molecule has 1 aromatic carbocycles. The third-order valence-electron chi connectivity index (χ3n) is 4.74. The highest BCUT2D eigenvalue weighted by atomic mass is 16.5. The van der Waals surface area contributed by atoms with E-state index in [1.54, 1.807) is 35.4 Å². The Morgan fingerprint density at radius 1 is 1.03 bits per heavy atom. The standard InChI is InChI=1S/C24H23N5O2/c1-17-12-18(2)29(28-17)23-10-7-21(15-26-23)24(30)27-14-19-5-8-22(9-6-19)31-16-20-4-3-11-25-13-20/h3-13,15H,14,16H2,1-2H3,(H,27,30). The highest BCUT2D eigenvalue weighted by Gasteiger charge is 2.09. The maximum atomic E-state index is 12.5. The number of rotatable bonds is 7. The number of hydrogen-bond donors (Lipinski definition) is 1. The van der Waals surface area contributed by atoms with Crippen molar-refractivity contribution in [3.05, 3.63) is 101 Å². The zero-order valence-corrected chi connectivity index (χ0v) is 17.4. The van der Waals surface area contributed by atoms with Gasteiger partial charge >= 0.3 is 0 Å². The Morgan fingerprint density at radius 3 is 2.52 bits per heavy atom. The molecule has 3 aromatic heterocycles. The van der Waals surface area contributed by atoms with Crippen LogP contribution in [0.1, 0.15) is 32.9 Å². The molecule has 0 saturated carbocycles. The first-order chi connectivity index (χ1) is 15.1. The zero-order chi connectivity index (χ0) is 21.6. The molecule has 0 saturated heterocycles. The molecule has 1 N–H and O–H groups in total. The fraction of sp³-hybridized carbons (Fsp3) is 0.167. The third-order valence-corrected chi connectivity index (χ3v) is 4.74. The Hall–Kier alpha value is -4.00. The lowest BCUT2D eigenvalue weighted by atomic mass is 10.2. The summed E-state index contributed by atoms with van der Waals surface area (Å²) >= 11 is 0. The first kappa shape index (κ1) is 20.3. The maximum absolute atomic E-state index is 12.5. The number of nitrogens with one attached hydrogen (secondary N) is 1. The van der Waals surface area contributed by atoms with E-state index < -0.39 is 0 Å². The van der Waals surface area contributed by atoms with Crippen LogP contribution < -0.4 is 10.1 Å². The van der Waals surface area contributed by atoms with E-state index in [4.69, 9.17) is 4.74 Å². The lowest BCUT2D eigenvalue weighted by Crippen LogP contribution is -2.23. The largest absolute Gasteiger partial charge is 0.489 e. The van der Waals surface area contributed by atoms with Gasteiger partial charge in [-0.25, -0.2) is 9.67 Å². The predicted molar refractivity (Wildman–Crippen MR) is 117 cm³/mol. The highest BCUT2D eigenvalue weighted by Crippen LogP contribution is 2.14. The highest BCUT2D eigenvalue weighted by molar-refractivity contribution is 5.93. The molecule has 7 nitrogen and oxygen atoms in total. The SMILES string of the molecule is Cc1cc(C)n(-c2ccc(C(=O)NCc3ccc(OCc4cccnc4)cc3)cn2)n1. The molecule has 0 aliphatic carbocycles. The van der Waals surface area contributed by atoms with Crippen molar-refractivity contribution in [2.75, 3.05) is 0 Å². The van der Waals surface area contributed by atoms with Gasteiger partial charge in [-0.2, -0.15) is 5.10 Å². The summed E-state index contributed by atoms with van der Waals surface area (Å²) in [6.07, 6.45) is 5.08. The molecule has 1 amide bonds. The topological polar surface area (TPSA) is 81.9 Å². The van der Waals surface area contributed by atoms with Crippen molar-refractivity contribution in [1.29, 1.82) is 0 Å². The van der Waals surface area contributed by atoms with Crippen LogP contribution in [0.3, 0.4) is 0 Å². The van der Waals surface area contributed by atoms with Crippen LogP contribution in [0.2, 0.25) is 0 Å². The molecule has 4 aromatic rings. The van der Waals surface area contributed by atoms with Crippen molar-refractivity contribution in [3.63, 3.8) is 0 Å². The van der Waals surface area contributed by atoms with Gasteiger partial charge in [-0.1, -0.05) is 18.2 Å². The number of carbonyl (C=O) groups excluding carboxylic acids is 1. The van der Waals surface area contributed by atoms with Crippen LogP contribution in [0, 0.1) is 13.8 Å². The van der Waals surface area contributed by atoms with Crippen LogP contribution in [0.4, 0.5) is 0 Å². The molecule has 0 aliphatic heterocycles. The van der Waals surface area contributed by atoms with Gasteiger partial charge < -0.3 is 10.1 Å². The molecule has 0 radical (unpaired) electrons. The number of aromatic nitrogens is 4. The van der Waals surface area contributed by atoms with E-state index >= 15 is 0 Å². The maximum Gasteiger partial charge on any atom is 0.253 e. The van der Waals surface area contributed by atoms with Gasteiger partial charge in [-0.3, -0.25) is 9.78 Å². The normalized spacial score (nSPS) is 10.6. The average Bonchev–Trinajstić information content (AvgIpc) is 3.15. The summed E-state index contributed by atoms with van der Waals surface area (Å²) in [5.41, 5.74) is 4.41. The van der Waals surface area contributed by atoms with E-state index in [0.29, 0.717) is 24.5 Å². The second-order valence-corrected chi connectivity index (χ2v) is 7.22. The van der Waals surface area contributed by atoms with E-state index in [2.05, 4.69) is 20.4 Å². The van der Waals surface area contributed by atoms with Crippen molar-refractivity contribution in [1.82, 2.24) is 25.1 Å². The van der Waals surface area contributed by atoms with Gasteiger partial charge in [0.05, 0.1) is 11.3 Å². The first-order valence-electron chi connectivity index (χ1n) is 9.97. The van der Waals surface area contributed by atoms with Crippen molar-refractivity contribution >= 4 is 5.91 Å². The van der Waals surface area contributed by atoms with E-state index in [1.165, 1.54) is 0 Å². The molecular formula is C24H23N5O2. The van der Waals surface area contributed by atoms with Gasteiger partial charge in [0.15, 0.2) is 5.82 Å². The van der Waals surface area contributed by atoms with Gasteiger partial charge in [-0.15, -0.1) is 0 Å². The van der Waals surface area contributed by atoms with Gasteiger partial charge in [0, 0.05) is 36.4 Å². The molecular weight excluding hydrogens is 390 g/mol. The number of benzene rings is 1. The number of hydrogen-bond acceptors (Lipinski definition) is 5. The number of ether oxygens (including phenoxy) is 1. The van der Waals surface area contributed by atoms with E-state index in [-0.39, 0.29) is 5.91 Å². The molecule has 4 rings (SSSR count). The number of aryl methyl sites for hydroxylation is 2. The minimum absolute atomic E-state index is 0.177. The van der Waals surface area contributed by atoms with Crippen LogP contribution in [0.5, 0.6) is 5.75 Å². The minimum Gasteiger partial charge on any atom is -0.489 e. The monoisotopic (exact) mass is 413 g/mol. The van der Waals surface area contributed by atoms with Gasteiger partial charge in [-0.05, 0) is 55.8 Å². The van der Waals surface area contributed by atoms with Gasteiger partial charge in [0.25, 0.3) is 5.91 Å². The smallest absolute Gasteiger partial charge is 0.253 e. The summed E-state index contributed by atoms with van der Waals surface area (Å²) in [6.45, 7) is 4.79. The van der Waals surface area contributed by atoms with Crippen LogP contribution in [0.15, 0.2) is 73.2 Å². The van der Waals surface area contributed by atoms with Crippen LogP contribution in [-0.2, 0) is 13.2 Å². The second-order valence-electron chi connectivity index (χ2n) is 7.22. The van der Waals surface area contributed by atoms with Gasteiger partial charge in [0.1, 0.15) is 12.4 Å². The number of carbonyl (C=O) groups is 1. The Bertz CT molecular complexity index is 1150. The quantitative estimate of drug-likeness (QED) is 0.499. The number of nitrogens with zero attached hydrogens (tertiary/aromatic N) is 4.